The fourth-order valence-electron chi connectivity index (χ4n) is 1.58. The van der Waals surface area contributed by atoms with E-state index in [1.807, 2.05) is 0 Å². The van der Waals surface area contributed by atoms with E-state index in [1.54, 1.807) is 20.8 Å². The van der Waals surface area contributed by atoms with Crippen molar-refractivity contribution >= 4 is 12.0 Å². The van der Waals surface area contributed by atoms with Gasteiger partial charge in [-0.05, 0) is 20.8 Å². The van der Waals surface area contributed by atoms with Gasteiger partial charge in [0.1, 0.15) is 5.60 Å². The van der Waals surface area contributed by atoms with Crippen molar-refractivity contribution in [1.29, 1.82) is 0 Å². The summed E-state index contributed by atoms with van der Waals surface area (Å²) in [7, 11) is 0. The lowest BCUT2D eigenvalue weighted by Gasteiger charge is -2.27. The highest BCUT2D eigenvalue weighted by Gasteiger charge is 2.43. The number of hydrogen-bond acceptors (Lipinski definition) is 5. The topological polar surface area (TPSA) is 92.9 Å². The SMILES string of the molecule is CC(C)(C)OC(=O)N1C(=O)C[C@H](O)[C@H]1CN. The van der Waals surface area contributed by atoms with Gasteiger partial charge in [-0.25, -0.2) is 9.69 Å². The van der Waals surface area contributed by atoms with Crippen LogP contribution in [-0.4, -0.2) is 46.3 Å². The first-order valence-electron chi connectivity index (χ1n) is 5.19. The molecule has 6 heteroatoms. The van der Waals surface area contributed by atoms with Crippen molar-refractivity contribution in [1.82, 2.24) is 4.90 Å². The molecule has 0 aliphatic carbocycles. The van der Waals surface area contributed by atoms with Crippen LogP contribution in [0.3, 0.4) is 0 Å². The predicted octanol–water partition coefficient (Wildman–Crippen LogP) is -0.158. The number of ether oxygens (including phenoxy) is 1. The van der Waals surface area contributed by atoms with Gasteiger partial charge < -0.3 is 15.6 Å². The molecule has 6 nitrogen and oxygen atoms in total. The number of carbonyl (C=O) groups excluding carboxylic acids is 2. The first-order valence-corrected chi connectivity index (χ1v) is 5.19. The molecular weight excluding hydrogens is 212 g/mol. The zero-order valence-corrected chi connectivity index (χ0v) is 9.77. The van der Waals surface area contributed by atoms with Crippen LogP contribution < -0.4 is 5.73 Å². The van der Waals surface area contributed by atoms with E-state index in [-0.39, 0.29) is 13.0 Å². The molecule has 1 fully saturated rings. The molecule has 0 aromatic carbocycles. The highest BCUT2D eigenvalue weighted by atomic mass is 16.6. The van der Waals surface area contributed by atoms with Gasteiger partial charge in [-0.2, -0.15) is 0 Å². The van der Waals surface area contributed by atoms with Gasteiger partial charge in [-0.3, -0.25) is 4.79 Å². The first-order chi connectivity index (χ1) is 7.26. The van der Waals surface area contributed by atoms with Crippen molar-refractivity contribution in [3.63, 3.8) is 0 Å². The monoisotopic (exact) mass is 230 g/mol. The Morgan fingerprint density at radius 1 is 1.62 bits per heavy atom. The Morgan fingerprint density at radius 3 is 2.62 bits per heavy atom. The Kier molecular flexibility index (Phi) is 3.54. The summed E-state index contributed by atoms with van der Waals surface area (Å²) in [5.41, 5.74) is 4.74. The second-order valence-electron chi connectivity index (χ2n) is 4.82. The van der Waals surface area contributed by atoms with Crippen LogP contribution >= 0.6 is 0 Å². The Hall–Kier alpha value is -1.14. The lowest BCUT2D eigenvalue weighted by Crippen LogP contribution is -2.47. The average molecular weight is 230 g/mol. The Balaban J connectivity index is 2.78. The summed E-state index contributed by atoms with van der Waals surface area (Å²) >= 11 is 0. The third-order valence-electron chi connectivity index (χ3n) is 2.26. The largest absolute Gasteiger partial charge is 0.443 e. The summed E-state index contributed by atoms with van der Waals surface area (Å²) in [5, 5.41) is 9.53. The molecule has 0 unspecified atom stereocenters. The number of hydrogen-bond donors (Lipinski definition) is 2. The zero-order valence-electron chi connectivity index (χ0n) is 9.77. The number of amides is 2. The molecule has 1 aliphatic heterocycles. The lowest BCUT2D eigenvalue weighted by atomic mass is 10.2. The third kappa shape index (κ3) is 2.70. The number of aliphatic hydroxyl groups excluding tert-OH is 1. The first kappa shape index (κ1) is 12.9. The molecule has 3 N–H and O–H groups in total. The number of nitrogens with two attached hydrogens (primary N) is 1. The number of likely N-dealkylation sites (tertiary alicyclic amines) is 1. The summed E-state index contributed by atoms with van der Waals surface area (Å²) in [6, 6.07) is -0.678. The van der Waals surface area contributed by atoms with E-state index < -0.39 is 29.7 Å². The van der Waals surface area contributed by atoms with Crippen molar-refractivity contribution in [2.24, 2.45) is 5.73 Å². The molecule has 1 aliphatic rings. The number of imide groups is 1. The van der Waals surface area contributed by atoms with Crippen LogP contribution in [0.5, 0.6) is 0 Å². The van der Waals surface area contributed by atoms with Crippen molar-refractivity contribution in [3.05, 3.63) is 0 Å². The quantitative estimate of drug-likeness (QED) is 0.653. The second kappa shape index (κ2) is 4.39. The van der Waals surface area contributed by atoms with E-state index in [9.17, 15) is 14.7 Å². The molecule has 0 aromatic rings. The minimum absolute atomic E-state index is 0.0339. The molecule has 1 saturated heterocycles. The molecule has 16 heavy (non-hydrogen) atoms. The molecule has 2 atom stereocenters. The maximum Gasteiger partial charge on any atom is 0.417 e. The molecule has 2 amide bonds. The van der Waals surface area contributed by atoms with Gasteiger partial charge >= 0.3 is 6.09 Å². The molecule has 92 valence electrons. The standard InChI is InChI=1S/C10H18N2O4/c1-10(2,3)16-9(15)12-6(5-11)7(13)4-8(12)14/h6-7,13H,4-5,11H2,1-3H3/t6-,7+/m1/s1. The van der Waals surface area contributed by atoms with Crippen molar-refractivity contribution in [2.45, 2.75) is 44.9 Å². The summed E-state index contributed by atoms with van der Waals surface area (Å²) in [6.07, 6.45) is -1.73. The molecular formula is C10H18N2O4. The molecule has 0 spiro atoms. The van der Waals surface area contributed by atoms with Gasteiger partial charge in [0, 0.05) is 6.54 Å². The molecule has 1 heterocycles. The van der Waals surface area contributed by atoms with E-state index in [0.29, 0.717) is 0 Å². The fourth-order valence-corrected chi connectivity index (χ4v) is 1.58. The number of carbonyl (C=O) groups is 2. The van der Waals surface area contributed by atoms with Crippen LogP contribution in [0.25, 0.3) is 0 Å². The Morgan fingerprint density at radius 2 is 2.19 bits per heavy atom. The normalized spacial score (nSPS) is 26.1. The number of aliphatic hydroxyl groups is 1. The Labute approximate surface area is 94.3 Å². The number of rotatable bonds is 1. The maximum absolute atomic E-state index is 11.7. The van der Waals surface area contributed by atoms with Crippen LogP contribution in [0.4, 0.5) is 4.79 Å². The van der Waals surface area contributed by atoms with Gasteiger partial charge in [0.25, 0.3) is 0 Å². The van der Waals surface area contributed by atoms with E-state index in [2.05, 4.69) is 0 Å². The average Bonchev–Trinajstić information content (AvgIpc) is 2.37. The summed E-state index contributed by atoms with van der Waals surface area (Å²) < 4.78 is 5.07. The van der Waals surface area contributed by atoms with Crippen LogP contribution in [0.2, 0.25) is 0 Å². The van der Waals surface area contributed by atoms with Crippen molar-refractivity contribution < 1.29 is 19.4 Å². The van der Waals surface area contributed by atoms with E-state index in [0.717, 1.165) is 4.90 Å². The molecule has 1 rings (SSSR count). The molecule has 0 saturated carbocycles. The van der Waals surface area contributed by atoms with Crippen LogP contribution in [0, 0.1) is 0 Å². The number of nitrogens with zero attached hydrogens (tertiary/aromatic N) is 1. The highest BCUT2D eigenvalue weighted by Crippen LogP contribution is 2.21. The molecule has 0 radical (unpaired) electrons. The van der Waals surface area contributed by atoms with Gasteiger partial charge in [0.05, 0.1) is 18.6 Å². The zero-order chi connectivity index (χ0) is 12.5. The van der Waals surface area contributed by atoms with Crippen molar-refractivity contribution in [3.8, 4) is 0 Å². The Bertz CT molecular complexity index is 298. The maximum atomic E-state index is 11.7. The van der Waals surface area contributed by atoms with Crippen LogP contribution in [0.15, 0.2) is 0 Å². The third-order valence-corrected chi connectivity index (χ3v) is 2.26. The predicted molar refractivity (Wildman–Crippen MR) is 56.5 cm³/mol. The molecule has 0 bridgehead atoms. The van der Waals surface area contributed by atoms with E-state index >= 15 is 0 Å². The van der Waals surface area contributed by atoms with Gasteiger partial charge in [0.2, 0.25) is 5.91 Å². The van der Waals surface area contributed by atoms with Crippen LogP contribution in [-0.2, 0) is 9.53 Å². The van der Waals surface area contributed by atoms with Gasteiger partial charge in [0.15, 0.2) is 0 Å². The van der Waals surface area contributed by atoms with Gasteiger partial charge in [-0.15, -0.1) is 0 Å². The minimum atomic E-state index is -0.898. The minimum Gasteiger partial charge on any atom is -0.443 e. The van der Waals surface area contributed by atoms with E-state index in [1.165, 1.54) is 0 Å². The fraction of sp³-hybridized carbons (Fsp3) is 0.800. The lowest BCUT2D eigenvalue weighted by molar-refractivity contribution is -0.128. The molecule has 0 aromatic heterocycles. The summed E-state index contributed by atoms with van der Waals surface area (Å²) in [4.78, 5) is 24.1. The van der Waals surface area contributed by atoms with Crippen molar-refractivity contribution in [2.75, 3.05) is 6.54 Å². The smallest absolute Gasteiger partial charge is 0.417 e. The highest BCUT2D eigenvalue weighted by molar-refractivity contribution is 5.94. The second-order valence-corrected chi connectivity index (χ2v) is 4.82. The van der Waals surface area contributed by atoms with Gasteiger partial charge in [-0.1, -0.05) is 0 Å². The summed E-state index contributed by atoms with van der Waals surface area (Å²) in [5.74, 6) is -0.447. The summed E-state index contributed by atoms with van der Waals surface area (Å²) in [6.45, 7) is 5.16. The van der Waals surface area contributed by atoms with E-state index in [4.69, 9.17) is 10.5 Å². The van der Waals surface area contributed by atoms with Crippen LogP contribution in [0.1, 0.15) is 27.2 Å².